The fourth-order valence-electron chi connectivity index (χ4n) is 3.44. The molecule has 0 bridgehead atoms. The van der Waals surface area contributed by atoms with E-state index in [9.17, 15) is 5.11 Å². The van der Waals surface area contributed by atoms with Crippen molar-refractivity contribution in [1.29, 1.82) is 0 Å². The van der Waals surface area contributed by atoms with E-state index in [0.29, 0.717) is 29.7 Å². The van der Waals surface area contributed by atoms with E-state index < -0.39 is 6.10 Å². The van der Waals surface area contributed by atoms with Gasteiger partial charge in [-0.15, -0.1) is 37.2 Å². The SMILES string of the molecule is CC1CC(Oc2ccccc2)CCN1CC(O)COc1cccc(N)c1N.Cl.Cl.Cl. The molecule has 0 radical (unpaired) electrons. The van der Waals surface area contributed by atoms with Crippen molar-refractivity contribution in [1.82, 2.24) is 4.90 Å². The summed E-state index contributed by atoms with van der Waals surface area (Å²) in [5, 5.41) is 10.4. The van der Waals surface area contributed by atoms with Gasteiger partial charge in [0, 0.05) is 19.1 Å². The highest BCUT2D eigenvalue weighted by atomic mass is 35.5. The number of piperidine rings is 1. The van der Waals surface area contributed by atoms with Crippen molar-refractivity contribution in [2.75, 3.05) is 31.2 Å². The molecule has 0 spiro atoms. The first-order valence-corrected chi connectivity index (χ1v) is 9.43. The van der Waals surface area contributed by atoms with E-state index in [0.717, 1.165) is 25.1 Å². The molecule has 5 N–H and O–H groups in total. The monoisotopic (exact) mass is 479 g/mol. The number of aliphatic hydroxyl groups excluding tert-OH is 1. The van der Waals surface area contributed by atoms with E-state index in [1.807, 2.05) is 30.3 Å². The quantitative estimate of drug-likeness (QED) is 0.522. The third kappa shape index (κ3) is 7.93. The average Bonchev–Trinajstić information content (AvgIpc) is 2.66. The Morgan fingerprint density at radius 1 is 1.07 bits per heavy atom. The average molecular weight is 481 g/mol. The van der Waals surface area contributed by atoms with Gasteiger partial charge in [-0.2, -0.15) is 0 Å². The number of nitrogens with two attached hydrogens (primary N) is 2. The van der Waals surface area contributed by atoms with Crippen LogP contribution in [-0.4, -0.2) is 48.0 Å². The summed E-state index contributed by atoms with van der Waals surface area (Å²) in [5.41, 5.74) is 12.6. The summed E-state index contributed by atoms with van der Waals surface area (Å²) in [4.78, 5) is 2.28. The fraction of sp³-hybridized carbons (Fsp3) is 0.429. The predicted molar refractivity (Wildman–Crippen MR) is 130 cm³/mol. The van der Waals surface area contributed by atoms with Crippen molar-refractivity contribution in [3.05, 3.63) is 48.5 Å². The molecule has 0 amide bonds. The number of rotatable bonds is 7. The molecule has 9 heteroatoms. The molecule has 170 valence electrons. The number of ether oxygens (including phenoxy) is 2. The van der Waals surface area contributed by atoms with Gasteiger partial charge < -0.3 is 26.0 Å². The smallest absolute Gasteiger partial charge is 0.144 e. The number of para-hydroxylation sites is 2. The van der Waals surface area contributed by atoms with Crippen LogP contribution in [0.4, 0.5) is 11.4 Å². The fourth-order valence-corrected chi connectivity index (χ4v) is 3.44. The maximum Gasteiger partial charge on any atom is 0.144 e. The number of likely N-dealkylation sites (tertiary alicyclic amines) is 1. The molecule has 3 rings (SSSR count). The number of anilines is 2. The molecule has 1 aliphatic heterocycles. The second-order valence-electron chi connectivity index (χ2n) is 7.15. The zero-order chi connectivity index (χ0) is 19.2. The standard InChI is InChI=1S/C21H29N3O3.3ClH/c1-15-12-18(27-17-6-3-2-4-7-17)10-11-24(15)13-16(25)14-26-20-9-5-8-19(22)21(20)23;;;/h2-9,15-16,18,25H,10-14,22-23H2,1H3;3*1H. The van der Waals surface area contributed by atoms with Crippen LogP contribution in [0.5, 0.6) is 11.5 Å². The van der Waals surface area contributed by atoms with E-state index in [4.69, 9.17) is 20.9 Å². The normalized spacial score (nSPS) is 19.4. The van der Waals surface area contributed by atoms with E-state index in [1.165, 1.54) is 0 Å². The molecule has 6 nitrogen and oxygen atoms in total. The lowest BCUT2D eigenvalue weighted by molar-refractivity contribution is 0.0154. The highest BCUT2D eigenvalue weighted by Crippen LogP contribution is 2.27. The van der Waals surface area contributed by atoms with Gasteiger partial charge in [-0.1, -0.05) is 24.3 Å². The Balaban J connectivity index is 0.00000280. The molecule has 30 heavy (non-hydrogen) atoms. The van der Waals surface area contributed by atoms with Crippen LogP contribution in [0.3, 0.4) is 0 Å². The molecular weight excluding hydrogens is 449 g/mol. The molecule has 0 aliphatic carbocycles. The van der Waals surface area contributed by atoms with Gasteiger partial charge in [0.1, 0.15) is 30.3 Å². The number of nitrogen functional groups attached to an aromatic ring is 2. The third-order valence-corrected chi connectivity index (χ3v) is 4.99. The van der Waals surface area contributed by atoms with Crippen molar-refractivity contribution in [3.8, 4) is 11.5 Å². The summed E-state index contributed by atoms with van der Waals surface area (Å²) in [6, 6.07) is 15.5. The first kappa shape index (κ1) is 28.4. The van der Waals surface area contributed by atoms with Crippen molar-refractivity contribution >= 4 is 48.6 Å². The lowest BCUT2D eigenvalue weighted by Gasteiger charge is -2.38. The number of β-amino-alcohol motifs (C(OH)–C–C–N with tert-alkyl or cyclic N) is 1. The first-order valence-electron chi connectivity index (χ1n) is 9.43. The van der Waals surface area contributed by atoms with Gasteiger partial charge in [0.05, 0.1) is 11.4 Å². The topological polar surface area (TPSA) is 94.0 Å². The minimum Gasteiger partial charge on any atom is -0.490 e. The molecule has 3 atom stereocenters. The molecule has 1 heterocycles. The van der Waals surface area contributed by atoms with Crippen molar-refractivity contribution < 1.29 is 14.6 Å². The Labute approximate surface area is 197 Å². The van der Waals surface area contributed by atoms with Gasteiger partial charge in [-0.05, 0) is 44.0 Å². The second-order valence-corrected chi connectivity index (χ2v) is 7.15. The van der Waals surface area contributed by atoms with Crippen LogP contribution < -0.4 is 20.9 Å². The molecule has 2 aromatic carbocycles. The Morgan fingerprint density at radius 3 is 2.43 bits per heavy atom. The molecule has 1 fully saturated rings. The number of hydrogen-bond acceptors (Lipinski definition) is 6. The summed E-state index contributed by atoms with van der Waals surface area (Å²) in [7, 11) is 0. The van der Waals surface area contributed by atoms with E-state index in [2.05, 4.69) is 11.8 Å². The highest BCUT2D eigenvalue weighted by molar-refractivity contribution is 5.86. The summed E-state index contributed by atoms with van der Waals surface area (Å²) in [6.07, 6.45) is 1.48. The van der Waals surface area contributed by atoms with E-state index in [1.54, 1.807) is 18.2 Å². The van der Waals surface area contributed by atoms with Crippen LogP contribution in [-0.2, 0) is 0 Å². The van der Waals surface area contributed by atoms with Crippen LogP contribution in [0.15, 0.2) is 48.5 Å². The minimum absolute atomic E-state index is 0. The summed E-state index contributed by atoms with van der Waals surface area (Å²) in [5.74, 6) is 1.42. The Morgan fingerprint density at radius 2 is 1.77 bits per heavy atom. The number of nitrogens with zero attached hydrogens (tertiary/aromatic N) is 1. The van der Waals surface area contributed by atoms with Crippen LogP contribution in [0.2, 0.25) is 0 Å². The maximum atomic E-state index is 10.4. The van der Waals surface area contributed by atoms with E-state index in [-0.39, 0.29) is 49.9 Å². The zero-order valence-corrected chi connectivity index (χ0v) is 19.4. The van der Waals surface area contributed by atoms with E-state index >= 15 is 0 Å². The molecule has 1 aliphatic rings. The predicted octanol–water partition coefficient (Wildman–Crippen LogP) is 3.79. The lowest BCUT2D eigenvalue weighted by Crippen LogP contribution is -2.48. The van der Waals surface area contributed by atoms with Crippen molar-refractivity contribution in [2.24, 2.45) is 0 Å². The second kappa shape index (κ2) is 13.7. The lowest BCUT2D eigenvalue weighted by atomic mass is 10.00. The van der Waals surface area contributed by atoms with Gasteiger partial charge in [0.15, 0.2) is 0 Å². The van der Waals surface area contributed by atoms with Gasteiger partial charge in [0.25, 0.3) is 0 Å². The first-order chi connectivity index (χ1) is 13.0. The van der Waals surface area contributed by atoms with Gasteiger partial charge >= 0.3 is 0 Å². The van der Waals surface area contributed by atoms with Crippen molar-refractivity contribution in [3.63, 3.8) is 0 Å². The number of halogens is 3. The Hall–Kier alpha value is -1.57. The maximum absolute atomic E-state index is 10.4. The molecular formula is C21H32Cl3N3O3. The molecule has 0 aromatic heterocycles. The number of aliphatic hydroxyl groups is 1. The zero-order valence-electron chi connectivity index (χ0n) is 17.0. The number of benzene rings is 2. The van der Waals surface area contributed by atoms with Crippen LogP contribution in [0, 0.1) is 0 Å². The van der Waals surface area contributed by atoms with Crippen molar-refractivity contribution in [2.45, 2.75) is 38.0 Å². The molecule has 1 saturated heterocycles. The summed E-state index contributed by atoms with van der Waals surface area (Å²) >= 11 is 0. The third-order valence-electron chi connectivity index (χ3n) is 4.99. The number of hydrogen-bond donors (Lipinski definition) is 3. The van der Waals surface area contributed by atoms with Crippen LogP contribution in [0.25, 0.3) is 0 Å². The molecule has 3 unspecified atom stereocenters. The van der Waals surface area contributed by atoms with Crippen LogP contribution in [0.1, 0.15) is 19.8 Å². The van der Waals surface area contributed by atoms with Gasteiger partial charge in [-0.3, -0.25) is 4.90 Å². The van der Waals surface area contributed by atoms with Gasteiger partial charge in [0.2, 0.25) is 0 Å². The Bertz CT molecular complexity index is 740. The Kier molecular flexibility index (Phi) is 13.0. The largest absolute Gasteiger partial charge is 0.490 e. The molecule has 2 aromatic rings. The summed E-state index contributed by atoms with van der Waals surface area (Å²) in [6.45, 7) is 3.79. The van der Waals surface area contributed by atoms with Gasteiger partial charge in [-0.25, -0.2) is 0 Å². The van der Waals surface area contributed by atoms with Crippen LogP contribution >= 0.6 is 37.2 Å². The molecule has 0 saturated carbocycles. The highest BCUT2D eigenvalue weighted by Gasteiger charge is 2.28. The minimum atomic E-state index is -0.597. The summed E-state index contributed by atoms with van der Waals surface area (Å²) < 4.78 is 11.7.